The van der Waals surface area contributed by atoms with E-state index in [4.69, 9.17) is 4.74 Å². The van der Waals surface area contributed by atoms with Crippen LogP contribution in [0.25, 0.3) is 0 Å². The van der Waals surface area contributed by atoms with Crippen LogP contribution in [0.15, 0.2) is 0 Å². The summed E-state index contributed by atoms with van der Waals surface area (Å²) < 4.78 is 30.6. The van der Waals surface area contributed by atoms with Crippen molar-refractivity contribution in [2.24, 2.45) is 11.8 Å². The molecule has 7 nitrogen and oxygen atoms in total. The number of hydrogen-bond donors (Lipinski definition) is 0. The Morgan fingerprint density at radius 1 is 0.903 bits per heavy atom. The molecule has 2 amide bonds. The van der Waals surface area contributed by atoms with Crippen molar-refractivity contribution in [1.82, 2.24) is 9.80 Å². The van der Waals surface area contributed by atoms with Gasteiger partial charge in [0.25, 0.3) is 0 Å². The molecule has 0 spiro atoms. The maximum absolute atomic E-state index is 12.7. The number of hydrogen-bond acceptors (Lipinski definition) is 5. The van der Waals surface area contributed by atoms with E-state index in [9.17, 15) is 18.0 Å². The third-order valence-electron chi connectivity index (χ3n) is 8.22. The van der Waals surface area contributed by atoms with E-state index in [1.165, 1.54) is 0 Å². The molecule has 1 heterocycles. The smallest absolute Gasteiger partial charge is 0.410 e. The normalized spacial score (nSPS) is 36.6. The van der Waals surface area contributed by atoms with E-state index in [1.807, 2.05) is 23.6 Å². The zero-order valence-electron chi connectivity index (χ0n) is 19.2. The molecule has 4 fully saturated rings. The van der Waals surface area contributed by atoms with Gasteiger partial charge in [-0.2, -0.15) is 0 Å². The second kappa shape index (κ2) is 8.91. The molecule has 3 aliphatic carbocycles. The molecule has 4 atom stereocenters. The van der Waals surface area contributed by atoms with E-state index in [1.54, 1.807) is 6.92 Å². The van der Waals surface area contributed by atoms with Gasteiger partial charge in [-0.15, -0.1) is 0 Å². The number of fused-ring (bicyclic) bond motifs is 1. The molecule has 0 N–H and O–H groups in total. The van der Waals surface area contributed by atoms with Crippen LogP contribution < -0.4 is 0 Å². The van der Waals surface area contributed by atoms with Gasteiger partial charge in [0.1, 0.15) is 0 Å². The third-order valence-corrected chi connectivity index (χ3v) is 11.0. The summed E-state index contributed by atoms with van der Waals surface area (Å²) >= 11 is 0. The summed E-state index contributed by atoms with van der Waals surface area (Å²) in [6.07, 6.45) is 7.74. The van der Waals surface area contributed by atoms with Gasteiger partial charge in [0.2, 0.25) is 5.91 Å². The van der Waals surface area contributed by atoms with Crippen LogP contribution in [-0.4, -0.2) is 72.0 Å². The summed E-state index contributed by atoms with van der Waals surface area (Å²) in [5.41, 5.74) is 0. The van der Waals surface area contributed by atoms with Crippen molar-refractivity contribution in [1.29, 1.82) is 0 Å². The Hall–Kier alpha value is -1.31. The predicted octanol–water partition coefficient (Wildman–Crippen LogP) is 3.37. The number of nitrogens with zero attached hydrogens (tertiary/aromatic N) is 2. The lowest BCUT2D eigenvalue weighted by molar-refractivity contribution is -0.142. The van der Waals surface area contributed by atoms with Crippen molar-refractivity contribution in [2.45, 2.75) is 107 Å². The van der Waals surface area contributed by atoms with Crippen LogP contribution in [-0.2, 0) is 19.4 Å². The minimum absolute atomic E-state index is 0.00850. The molecule has 0 radical (unpaired) electrons. The second-order valence-corrected chi connectivity index (χ2v) is 12.7. The lowest BCUT2D eigenvalue weighted by Crippen LogP contribution is -2.67. The summed E-state index contributed by atoms with van der Waals surface area (Å²) in [6, 6.07) is 0.0297. The fourth-order valence-electron chi connectivity index (χ4n) is 6.60. The van der Waals surface area contributed by atoms with Crippen LogP contribution in [0.2, 0.25) is 0 Å². The topological polar surface area (TPSA) is 84.0 Å². The molecule has 0 bridgehead atoms. The summed E-state index contributed by atoms with van der Waals surface area (Å²) in [4.78, 5) is 28.9. The Labute approximate surface area is 186 Å². The third kappa shape index (κ3) is 4.46. The van der Waals surface area contributed by atoms with Crippen LogP contribution in [0.5, 0.6) is 0 Å². The molecule has 176 valence electrons. The molecule has 3 saturated carbocycles. The van der Waals surface area contributed by atoms with Gasteiger partial charge in [-0.3, -0.25) is 4.79 Å². The maximum atomic E-state index is 12.7. The van der Waals surface area contributed by atoms with Gasteiger partial charge in [0.15, 0.2) is 9.84 Å². The zero-order chi connectivity index (χ0) is 22.3. The van der Waals surface area contributed by atoms with Crippen LogP contribution in [0.4, 0.5) is 4.79 Å². The molecule has 0 aromatic carbocycles. The Morgan fingerprint density at radius 3 is 2.03 bits per heavy atom. The van der Waals surface area contributed by atoms with E-state index in [0.717, 1.165) is 57.8 Å². The highest BCUT2D eigenvalue weighted by atomic mass is 32.2. The van der Waals surface area contributed by atoms with Crippen molar-refractivity contribution in [3.05, 3.63) is 0 Å². The second-order valence-electron chi connectivity index (χ2n) is 10.2. The summed E-state index contributed by atoms with van der Waals surface area (Å²) in [5, 5.41) is -0.211. The van der Waals surface area contributed by atoms with Crippen LogP contribution in [0.3, 0.4) is 0 Å². The number of carbonyl (C=O) groups excluding carboxylic acids is 2. The summed E-state index contributed by atoms with van der Waals surface area (Å²) in [5.74, 6) is 1.07. The molecule has 0 aromatic heterocycles. The number of carbonyl (C=O) groups is 2. The van der Waals surface area contributed by atoms with Gasteiger partial charge in [0.05, 0.1) is 29.2 Å². The highest BCUT2D eigenvalue weighted by Crippen LogP contribution is 2.45. The summed E-state index contributed by atoms with van der Waals surface area (Å²) in [6.45, 7) is 6.32. The average Bonchev–Trinajstić information content (AvgIpc) is 3.59. The molecule has 8 heteroatoms. The zero-order valence-corrected chi connectivity index (χ0v) is 20.0. The minimum atomic E-state index is -2.92. The largest absolute Gasteiger partial charge is 0.450 e. The first kappa shape index (κ1) is 22.9. The number of amides is 2. The lowest BCUT2D eigenvalue weighted by atomic mass is 9.69. The molecule has 0 aromatic rings. The Kier molecular flexibility index (Phi) is 6.57. The molecule has 3 unspecified atom stereocenters. The van der Waals surface area contributed by atoms with E-state index in [-0.39, 0.29) is 40.6 Å². The molecule has 1 saturated heterocycles. The lowest BCUT2D eigenvalue weighted by Gasteiger charge is -2.54. The van der Waals surface area contributed by atoms with Crippen molar-refractivity contribution in [3.8, 4) is 0 Å². The number of piperazine rings is 1. The fraction of sp³-hybridized carbons (Fsp3) is 0.913. The Bertz CT molecular complexity index is 788. The molecule has 4 aliphatic rings. The number of ether oxygens (including phenoxy) is 1. The molecular formula is C23H38N2O5S. The van der Waals surface area contributed by atoms with Gasteiger partial charge in [0, 0.05) is 19.5 Å². The SMILES string of the molecule is CCOC(=O)N1C[C@H](C)N(C(C)=O)C2CCC(C3CCC(S(=O)(=O)C4CC4)CC3)CC21. The maximum Gasteiger partial charge on any atom is 0.410 e. The molecular weight excluding hydrogens is 416 g/mol. The van der Waals surface area contributed by atoms with Crippen molar-refractivity contribution in [3.63, 3.8) is 0 Å². The molecule has 1 aliphatic heterocycles. The van der Waals surface area contributed by atoms with E-state index in [2.05, 4.69) is 0 Å². The minimum Gasteiger partial charge on any atom is -0.450 e. The molecule has 31 heavy (non-hydrogen) atoms. The first-order valence-corrected chi connectivity index (χ1v) is 13.8. The van der Waals surface area contributed by atoms with Gasteiger partial charge in [-0.1, -0.05) is 0 Å². The van der Waals surface area contributed by atoms with Crippen molar-refractivity contribution in [2.75, 3.05) is 13.2 Å². The monoisotopic (exact) mass is 454 g/mol. The first-order chi connectivity index (χ1) is 14.7. The van der Waals surface area contributed by atoms with Gasteiger partial charge < -0.3 is 14.5 Å². The van der Waals surface area contributed by atoms with Crippen LogP contribution in [0, 0.1) is 11.8 Å². The Morgan fingerprint density at radius 2 is 1.48 bits per heavy atom. The van der Waals surface area contributed by atoms with Gasteiger partial charge in [-0.05, 0) is 83.5 Å². The Balaban J connectivity index is 1.44. The number of sulfone groups is 1. The van der Waals surface area contributed by atoms with Crippen molar-refractivity contribution < 1.29 is 22.7 Å². The predicted molar refractivity (Wildman–Crippen MR) is 118 cm³/mol. The quantitative estimate of drug-likeness (QED) is 0.650. The summed E-state index contributed by atoms with van der Waals surface area (Å²) in [7, 11) is -2.92. The number of rotatable bonds is 4. The molecule has 4 rings (SSSR count). The van der Waals surface area contributed by atoms with E-state index >= 15 is 0 Å². The van der Waals surface area contributed by atoms with Gasteiger partial charge in [-0.25, -0.2) is 13.2 Å². The highest BCUT2D eigenvalue weighted by Gasteiger charge is 2.49. The van der Waals surface area contributed by atoms with E-state index < -0.39 is 9.84 Å². The van der Waals surface area contributed by atoms with Crippen LogP contribution in [0.1, 0.15) is 78.6 Å². The van der Waals surface area contributed by atoms with Crippen LogP contribution >= 0.6 is 0 Å². The average molecular weight is 455 g/mol. The highest BCUT2D eigenvalue weighted by molar-refractivity contribution is 7.92. The van der Waals surface area contributed by atoms with E-state index in [0.29, 0.717) is 25.0 Å². The fourth-order valence-corrected chi connectivity index (χ4v) is 8.87. The van der Waals surface area contributed by atoms with Gasteiger partial charge >= 0.3 is 6.09 Å². The van der Waals surface area contributed by atoms with Crippen molar-refractivity contribution >= 4 is 21.8 Å². The first-order valence-electron chi connectivity index (χ1n) is 12.2. The standard InChI is InChI=1S/C23H38N2O5S/c1-4-30-23(27)24-14-15(2)25(16(3)26)21-12-7-18(13-22(21)24)17-5-8-19(9-6-17)31(28,29)20-10-11-20/h15,17-22H,4-14H2,1-3H3/t15-,17?,18?,19?,21?,22?/m0/s1.